The zero-order valence-electron chi connectivity index (χ0n) is 9.05. The van der Waals surface area contributed by atoms with E-state index in [1.54, 1.807) is 0 Å². The van der Waals surface area contributed by atoms with Crippen LogP contribution in [0.1, 0.15) is 40.0 Å². The number of rotatable bonds is 3. The average molecular weight is 183 g/mol. The van der Waals surface area contributed by atoms with Crippen LogP contribution in [0.3, 0.4) is 0 Å². The summed E-state index contributed by atoms with van der Waals surface area (Å²) in [7, 11) is 0. The van der Waals surface area contributed by atoms with Gasteiger partial charge >= 0.3 is 0 Å². The van der Waals surface area contributed by atoms with Crippen molar-refractivity contribution in [2.75, 3.05) is 13.1 Å². The Morgan fingerprint density at radius 2 is 1.85 bits per heavy atom. The largest absolute Gasteiger partial charge is 0.372 e. The van der Waals surface area contributed by atoms with E-state index in [1.165, 1.54) is 19.3 Å². The molecule has 0 aromatic carbocycles. The molecule has 76 valence electrons. The zero-order valence-corrected chi connectivity index (χ0v) is 9.05. The van der Waals surface area contributed by atoms with Gasteiger partial charge in [-0.05, 0) is 20.3 Å². The van der Waals surface area contributed by atoms with E-state index in [-0.39, 0.29) is 0 Å². The van der Waals surface area contributed by atoms with Crippen molar-refractivity contribution in [3.63, 3.8) is 0 Å². The van der Waals surface area contributed by atoms with Gasteiger partial charge in [0.2, 0.25) is 0 Å². The molecular formula is C11H21NO. The zero-order chi connectivity index (χ0) is 9.47. The van der Waals surface area contributed by atoms with Crippen LogP contribution in [0, 0.1) is 0 Å². The fraction of sp³-hybridized carbons (Fsp3) is 1.00. The van der Waals surface area contributed by atoms with Gasteiger partial charge in [-0.1, -0.05) is 13.3 Å². The van der Waals surface area contributed by atoms with Gasteiger partial charge in [0.15, 0.2) is 0 Å². The van der Waals surface area contributed by atoms with E-state index in [1.807, 2.05) is 0 Å². The van der Waals surface area contributed by atoms with Crippen molar-refractivity contribution in [2.45, 2.75) is 57.8 Å². The molecule has 0 saturated carbocycles. The molecule has 0 N–H and O–H groups in total. The molecule has 0 aromatic heterocycles. The van der Waals surface area contributed by atoms with Crippen molar-refractivity contribution in [1.29, 1.82) is 0 Å². The molecule has 3 saturated heterocycles. The van der Waals surface area contributed by atoms with E-state index in [0.717, 1.165) is 13.1 Å². The van der Waals surface area contributed by atoms with E-state index >= 15 is 0 Å². The smallest absolute Gasteiger partial charge is 0.0731 e. The number of fused-ring (bicyclic) bond motifs is 2. The molecule has 3 rings (SSSR count). The molecule has 0 aliphatic carbocycles. The van der Waals surface area contributed by atoms with Crippen molar-refractivity contribution in [2.24, 2.45) is 0 Å². The molecule has 0 radical (unpaired) electrons. The molecule has 13 heavy (non-hydrogen) atoms. The Morgan fingerprint density at radius 1 is 1.31 bits per heavy atom. The average Bonchev–Trinajstić information content (AvgIpc) is 2.03. The Kier molecular flexibility index (Phi) is 2.37. The summed E-state index contributed by atoms with van der Waals surface area (Å²) < 4.78 is 5.64. The van der Waals surface area contributed by atoms with E-state index in [2.05, 4.69) is 25.7 Å². The van der Waals surface area contributed by atoms with Crippen LogP contribution in [-0.4, -0.2) is 35.7 Å². The van der Waals surface area contributed by atoms with Crippen molar-refractivity contribution >= 4 is 0 Å². The Labute approximate surface area is 81.3 Å². The highest BCUT2D eigenvalue weighted by Gasteiger charge is 2.42. The van der Waals surface area contributed by atoms with Crippen LogP contribution in [0.25, 0.3) is 0 Å². The molecular weight excluding hydrogens is 162 g/mol. The lowest BCUT2D eigenvalue weighted by atomic mass is 9.90. The fourth-order valence-corrected chi connectivity index (χ4v) is 2.62. The van der Waals surface area contributed by atoms with Crippen LogP contribution in [0.2, 0.25) is 0 Å². The monoisotopic (exact) mass is 183 g/mol. The molecule has 3 aliphatic rings. The maximum atomic E-state index is 5.64. The summed E-state index contributed by atoms with van der Waals surface area (Å²) in [4.78, 5) is 2.61. The Morgan fingerprint density at radius 3 is 2.31 bits per heavy atom. The Balaban J connectivity index is 1.92. The first-order valence-electron chi connectivity index (χ1n) is 5.52. The van der Waals surface area contributed by atoms with E-state index < -0.39 is 0 Å². The molecule has 3 fully saturated rings. The molecule has 2 nitrogen and oxygen atoms in total. The second-order valence-electron chi connectivity index (χ2n) is 5.08. The van der Waals surface area contributed by atoms with Gasteiger partial charge in [0.1, 0.15) is 0 Å². The summed E-state index contributed by atoms with van der Waals surface area (Å²) in [5.41, 5.74) is 0.384. The number of nitrogens with zero attached hydrogens (tertiary/aromatic N) is 1. The first-order chi connectivity index (χ1) is 6.12. The van der Waals surface area contributed by atoms with Gasteiger partial charge in [0.25, 0.3) is 0 Å². The van der Waals surface area contributed by atoms with Crippen molar-refractivity contribution < 1.29 is 4.74 Å². The summed E-state index contributed by atoms with van der Waals surface area (Å²) in [5.74, 6) is 0. The Hall–Kier alpha value is -0.0800. The van der Waals surface area contributed by atoms with Crippen LogP contribution in [-0.2, 0) is 4.74 Å². The van der Waals surface area contributed by atoms with Gasteiger partial charge in [0, 0.05) is 25.0 Å². The lowest BCUT2D eigenvalue weighted by Crippen LogP contribution is -2.62. The highest BCUT2D eigenvalue weighted by Crippen LogP contribution is 2.33. The SMILES string of the molecule is CCCC(C)(C)N1CC2CC(C1)O2. The topological polar surface area (TPSA) is 12.5 Å². The molecule has 3 aliphatic heterocycles. The van der Waals surface area contributed by atoms with Crippen molar-refractivity contribution in [1.82, 2.24) is 4.90 Å². The van der Waals surface area contributed by atoms with Crippen LogP contribution >= 0.6 is 0 Å². The number of hydrogen-bond donors (Lipinski definition) is 0. The minimum absolute atomic E-state index is 0.384. The number of morpholine rings is 1. The van der Waals surface area contributed by atoms with Crippen molar-refractivity contribution in [3.8, 4) is 0 Å². The predicted molar refractivity (Wildman–Crippen MR) is 53.8 cm³/mol. The molecule has 2 atom stereocenters. The van der Waals surface area contributed by atoms with Crippen molar-refractivity contribution in [3.05, 3.63) is 0 Å². The minimum atomic E-state index is 0.384. The molecule has 2 bridgehead atoms. The van der Waals surface area contributed by atoms with Gasteiger partial charge < -0.3 is 4.74 Å². The van der Waals surface area contributed by atoms with E-state index in [9.17, 15) is 0 Å². The van der Waals surface area contributed by atoms with Crippen LogP contribution in [0.15, 0.2) is 0 Å². The van der Waals surface area contributed by atoms with Gasteiger partial charge in [0.05, 0.1) is 12.2 Å². The molecule has 0 spiro atoms. The highest BCUT2D eigenvalue weighted by molar-refractivity contribution is 4.94. The van der Waals surface area contributed by atoms with Crippen LogP contribution in [0.4, 0.5) is 0 Å². The minimum Gasteiger partial charge on any atom is -0.372 e. The summed E-state index contributed by atoms with van der Waals surface area (Å²) in [6, 6.07) is 0. The first-order valence-corrected chi connectivity index (χ1v) is 5.52. The summed E-state index contributed by atoms with van der Waals surface area (Å²) in [6.45, 7) is 9.30. The third-order valence-corrected chi connectivity index (χ3v) is 3.48. The van der Waals surface area contributed by atoms with Gasteiger partial charge in [-0.25, -0.2) is 0 Å². The highest BCUT2D eigenvalue weighted by atomic mass is 16.5. The molecule has 2 heteroatoms. The molecule has 3 heterocycles. The quantitative estimate of drug-likeness (QED) is 0.664. The van der Waals surface area contributed by atoms with Crippen LogP contribution in [0.5, 0.6) is 0 Å². The lowest BCUT2D eigenvalue weighted by Gasteiger charge is -2.52. The number of ether oxygens (including phenoxy) is 1. The summed E-state index contributed by atoms with van der Waals surface area (Å²) in [6.07, 6.45) is 4.98. The maximum Gasteiger partial charge on any atom is 0.0731 e. The maximum absolute atomic E-state index is 5.64. The van der Waals surface area contributed by atoms with Gasteiger partial charge in [-0.15, -0.1) is 0 Å². The standard InChI is InChI=1S/C11H21NO/c1-4-5-11(2,3)12-7-9-6-10(8-12)13-9/h9-10H,4-8H2,1-3H3. The third-order valence-electron chi connectivity index (χ3n) is 3.48. The number of piperidine rings is 1. The first kappa shape index (κ1) is 9.47. The van der Waals surface area contributed by atoms with Crippen LogP contribution < -0.4 is 0 Å². The molecule has 2 unspecified atom stereocenters. The second-order valence-corrected chi connectivity index (χ2v) is 5.08. The molecule has 0 amide bonds. The second kappa shape index (κ2) is 3.25. The predicted octanol–water partition coefficient (Wildman–Crippen LogP) is 2.04. The lowest BCUT2D eigenvalue weighted by molar-refractivity contribution is -0.197. The normalized spacial score (nSPS) is 34.4. The fourth-order valence-electron chi connectivity index (χ4n) is 2.62. The van der Waals surface area contributed by atoms with E-state index in [4.69, 9.17) is 4.74 Å². The number of hydrogen-bond acceptors (Lipinski definition) is 2. The third kappa shape index (κ3) is 1.75. The van der Waals surface area contributed by atoms with Gasteiger partial charge in [-0.3, -0.25) is 4.90 Å². The summed E-state index contributed by atoms with van der Waals surface area (Å²) in [5, 5.41) is 0. The van der Waals surface area contributed by atoms with Gasteiger partial charge in [-0.2, -0.15) is 0 Å². The Bertz CT molecular complexity index is 175. The molecule has 0 aromatic rings. The summed E-state index contributed by atoms with van der Waals surface area (Å²) >= 11 is 0. The van der Waals surface area contributed by atoms with E-state index in [0.29, 0.717) is 17.7 Å².